The summed E-state index contributed by atoms with van der Waals surface area (Å²) < 4.78 is 41.8. The average Bonchev–Trinajstić information content (AvgIpc) is 3.99. The summed E-state index contributed by atoms with van der Waals surface area (Å²) in [5.41, 5.74) is -1.40. The Balaban J connectivity index is 1.16. The zero-order valence-electron chi connectivity index (χ0n) is 32.5. The Morgan fingerprint density at radius 2 is 1.78 bits per heavy atom. The van der Waals surface area contributed by atoms with Crippen molar-refractivity contribution in [2.45, 2.75) is 125 Å². The summed E-state index contributed by atoms with van der Waals surface area (Å²) in [6.07, 6.45) is 12.4. The number of fused-ring (bicyclic) bond motifs is 5. The third kappa shape index (κ3) is 7.89. The third-order valence-corrected chi connectivity index (χ3v) is 14.9. The predicted octanol–water partition coefficient (Wildman–Crippen LogP) is 3.54. The van der Waals surface area contributed by atoms with Crippen LogP contribution in [0, 0.1) is 35.0 Å². The first-order valence-corrected chi connectivity index (χ1v) is 22.2. The van der Waals surface area contributed by atoms with Crippen LogP contribution < -0.4 is 20.3 Å². The van der Waals surface area contributed by atoms with E-state index in [-0.39, 0.29) is 67.4 Å². The van der Waals surface area contributed by atoms with E-state index in [1.54, 1.807) is 12.1 Å². The van der Waals surface area contributed by atoms with Crippen molar-refractivity contribution in [2.24, 2.45) is 23.7 Å². The molecule has 3 heterocycles. The molecule has 58 heavy (non-hydrogen) atoms. The van der Waals surface area contributed by atoms with Gasteiger partial charge in [-0.3, -0.25) is 33.3 Å². The maximum absolute atomic E-state index is 14.9. The molecule has 6 aliphatic rings. The molecule has 2 aromatic rings. The number of allylic oxidation sites excluding steroid dienone is 2. The summed E-state index contributed by atoms with van der Waals surface area (Å²) in [6.45, 7) is 3.82. The van der Waals surface area contributed by atoms with E-state index in [9.17, 15) is 37.7 Å². The van der Waals surface area contributed by atoms with Crippen LogP contribution in [-0.2, 0) is 40.5 Å². The number of rotatable bonds is 7. The molecule has 0 unspecified atom stereocenters. The van der Waals surface area contributed by atoms with Crippen molar-refractivity contribution >= 4 is 44.6 Å². The topological polar surface area (TPSA) is 207 Å². The highest BCUT2D eigenvalue weighted by Gasteiger charge is 2.62. The zero-order chi connectivity index (χ0) is 40.8. The number of nitrogens with one attached hydrogen (secondary N) is 2. The summed E-state index contributed by atoms with van der Waals surface area (Å²) in [4.78, 5) is 76.8. The second-order valence-corrected chi connectivity index (χ2v) is 18.9. The highest BCUT2D eigenvalue weighted by atomic mass is 32.2. The van der Waals surface area contributed by atoms with Crippen LogP contribution in [0.2, 0.25) is 0 Å². The van der Waals surface area contributed by atoms with Gasteiger partial charge in [0.25, 0.3) is 17.5 Å². The molecular weight excluding hydrogens is 765 g/mol. The molecular formula is C42H50N6O9S. The molecule has 16 heteroatoms. The normalized spacial score (nSPS) is 31.1. The van der Waals surface area contributed by atoms with Gasteiger partial charge in [0.2, 0.25) is 21.8 Å². The van der Waals surface area contributed by atoms with Crippen molar-refractivity contribution in [1.29, 1.82) is 5.26 Å². The van der Waals surface area contributed by atoms with Crippen LogP contribution in [0.5, 0.6) is 6.01 Å². The Morgan fingerprint density at radius 3 is 2.50 bits per heavy atom. The number of aromatic nitrogens is 2. The molecule has 3 amide bonds. The van der Waals surface area contributed by atoms with Gasteiger partial charge in [-0.2, -0.15) is 10.2 Å². The van der Waals surface area contributed by atoms with E-state index in [0.29, 0.717) is 30.2 Å². The number of hydrogen-bond acceptors (Lipinski definition) is 11. The van der Waals surface area contributed by atoms with E-state index < -0.39 is 68.5 Å². The SMILES string of the molecule is C=C[C@@H]1C[C@]1(NC(=O)[C@@H]1C[C@@H]2CN1C(=O)[C@H](C1CCCC1)CC(=O)O[C@@H]1CCC[C@H]1CC/C=C/Cn1c(nc3cc(C#N)ccc3c1=O)O2)C(=O)NS(=O)(=O)C1CC1. The van der Waals surface area contributed by atoms with Gasteiger partial charge in [-0.25, -0.2) is 8.42 Å². The van der Waals surface area contributed by atoms with Crippen LogP contribution in [0.25, 0.3) is 10.9 Å². The Kier molecular flexibility index (Phi) is 10.9. The second kappa shape index (κ2) is 16.0. The molecule has 8 rings (SSSR count). The van der Waals surface area contributed by atoms with Crippen molar-refractivity contribution in [3.63, 3.8) is 0 Å². The first-order valence-electron chi connectivity index (χ1n) is 20.7. The smallest absolute Gasteiger partial charge is 0.306 e. The largest absolute Gasteiger partial charge is 0.462 e. The fraction of sp³-hybridized carbons (Fsp3) is 0.595. The number of benzene rings is 1. The standard InChI is InChI=1S/C42H50N6O9S/c1-2-28-22-42(28,40(53)46-58(54,55)30-15-16-30)45-37(50)34-20-29-24-48(34)39(52)32(26-9-5-6-10-26)21-36(49)57-35-13-8-12-27(35)11-4-3-7-18-47-38(51)31-17-14-25(23-43)19-33(31)44-41(47)56-29/h2-3,7,14,17,19,26-30,32,34-35H,1,4-6,8-13,15-16,18,20-22,24H2,(H,45,50)(H,46,53)/b7-3+/t27-,28-,29-,32+,34+,35-,42-/m1/s1. The minimum Gasteiger partial charge on any atom is -0.462 e. The molecule has 0 radical (unpaired) electrons. The van der Waals surface area contributed by atoms with Gasteiger partial charge in [0, 0.05) is 18.9 Å². The fourth-order valence-electron chi connectivity index (χ4n) is 9.59. The number of nitriles is 1. The molecule has 4 aliphatic carbocycles. The van der Waals surface area contributed by atoms with Crippen LogP contribution in [0.4, 0.5) is 0 Å². The predicted molar refractivity (Wildman–Crippen MR) is 210 cm³/mol. The van der Waals surface area contributed by atoms with Gasteiger partial charge in [0.05, 0.1) is 46.7 Å². The van der Waals surface area contributed by atoms with Gasteiger partial charge < -0.3 is 19.7 Å². The molecule has 1 aromatic heterocycles. The van der Waals surface area contributed by atoms with E-state index >= 15 is 0 Å². The molecule has 2 N–H and O–H groups in total. The third-order valence-electron chi connectivity index (χ3n) is 13.1. The van der Waals surface area contributed by atoms with Gasteiger partial charge >= 0.3 is 5.97 Å². The lowest BCUT2D eigenvalue weighted by Crippen LogP contribution is -2.57. The Bertz CT molecular complexity index is 2260. The van der Waals surface area contributed by atoms with E-state index in [1.807, 2.05) is 12.2 Å². The second-order valence-electron chi connectivity index (χ2n) is 16.9. The molecule has 308 valence electrons. The van der Waals surface area contributed by atoms with Gasteiger partial charge in [-0.15, -0.1) is 6.58 Å². The molecule has 4 saturated carbocycles. The van der Waals surface area contributed by atoms with Crippen LogP contribution in [0.1, 0.15) is 95.5 Å². The summed E-state index contributed by atoms with van der Waals surface area (Å²) in [6, 6.07) is 5.47. The quantitative estimate of drug-likeness (QED) is 0.305. The molecule has 5 fully saturated rings. The fourth-order valence-corrected chi connectivity index (χ4v) is 10.9. The minimum atomic E-state index is -3.93. The van der Waals surface area contributed by atoms with Gasteiger partial charge in [0.15, 0.2) is 0 Å². The van der Waals surface area contributed by atoms with E-state index in [2.05, 4.69) is 27.7 Å². The van der Waals surface area contributed by atoms with Crippen LogP contribution in [0.3, 0.4) is 0 Å². The lowest BCUT2D eigenvalue weighted by molar-refractivity contribution is -0.156. The lowest BCUT2D eigenvalue weighted by Gasteiger charge is -2.32. The maximum atomic E-state index is 14.9. The Hall–Kier alpha value is -5.04. The van der Waals surface area contributed by atoms with Crippen molar-refractivity contribution in [3.8, 4) is 12.1 Å². The first-order chi connectivity index (χ1) is 27.9. The number of hydrogen-bond donors (Lipinski definition) is 2. The number of ether oxygens (including phenoxy) is 2. The maximum Gasteiger partial charge on any atom is 0.306 e. The monoisotopic (exact) mass is 814 g/mol. The number of sulfonamides is 1. The summed E-state index contributed by atoms with van der Waals surface area (Å²) in [5, 5.41) is 12.0. The van der Waals surface area contributed by atoms with Crippen molar-refractivity contribution < 1.29 is 37.1 Å². The summed E-state index contributed by atoms with van der Waals surface area (Å²) >= 11 is 0. The highest BCUT2D eigenvalue weighted by molar-refractivity contribution is 7.91. The van der Waals surface area contributed by atoms with E-state index in [1.165, 1.54) is 21.6 Å². The van der Waals surface area contributed by atoms with Crippen molar-refractivity contribution in [2.75, 3.05) is 6.54 Å². The average molecular weight is 815 g/mol. The van der Waals surface area contributed by atoms with Crippen molar-refractivity contribution in [3.05, 3.63) is 58.9 Å². The number of carbonyl (C=O) groups excluding carboxylic acids is 4. The molecule has 2 bridgehead atoms. The van der Waals surface area contributed by atoms with Crippen molar-refractivity contribution in [1.82, 2.24) is 24.5 Å². The Morgan fingerprint density at radius 1 is 1.00 bits per heavy atom. The number of nitrogens with zero attached hydrogens (tertiary/aromatic N) is 4. The summed E-state index contributed by atoms with van der Waals surface area (Å²) in [7, 11) is -3.93. The molecule has 1 aromatic carbocycles. The lowest BCUT2D eigenvalue weighted by atomic mass is 9.86. The van der Waals surface area contributed by atoms with Crippen LogP contribution in [0.15, 0.2) is 47.8 Å². The Labute approximate surface area is 337 Å². The van der Waals surface area contributed by atoms with Crippen LogP contribution >= 0.6 is 0 Å². The molecule has 15 nitrogen and oxygen atoms in total. The molecule has 2 aliphatic heterocycles. The number of amides is 3. The highest BCUT2D eigenvalue weighted by Crippen LogP contribution is 2.46. The molecule has 1 saturated heterocycles. The number of carbonyl (C=O) groups is 4. The first kappa shape index (κ1) is 39.8. The van der Waals surface area contributed by atoms with Crippen LogP contribution in [-0.4, -0.2) is 82.1 Å². The minimum absolute atomic E-state index is 0.0429. The van der Waals surface area contributed by atoms with Gasteiger partial charge in [-0.05, 0) is 94.2 Å². The number of esters is 1. The summed E-state index contributed by atoms with van der Waals surface area (Å²) in [5.74, 6) is -3.65. The van der Waals surface area contributed by atoms with E-state index in [0.717, 1.165) is 51.4 Å². The molecule has 7 atom stereocenters. The van der Waals surface area contributed by atoms with E-state index in [4.69, 9.17) is 9.47 Å². The van der Waals surface area contributed by atoms with Gasteiger partial charge in [0.1, 0.15) is 23.8 Å². The molecule has 0 spiro atoms. The zero-order valence-corrected chi connectivity index (χ0v) is 33.3. The van der Waals surface area contributed by atoms with Gasteiger partial charge in [-0.1, -0.05) is 31.1 Å².